The van der Waals surface area contributed by atoms with E-state index < -0.39 is 0 Å². The Morgan fingerprint density at radius 2 is 1.93 bits per heavy atom. The zero-order valence-electron chi connectivity index (χ0n) is 15.9. The van der Waals surface area contributed by atoms with Crippen molar-refractivity contribution >= 4 is 23.4 Å². The lowest BCUT2D eigenvalue weighted by atomic mass is 10.1. The Kier molecular flexibility index (Phi) is 6.30. The molecular formula is C20H21FN4O2S. The predicted octanol–water partition coefficient (Wildman–Crippen LogP) is 3.88. The Morgan fingerprint density at radius 1 is 1.18 bits per heavy atom. The van der Waals surface area contributed by atoms with Gasteiger partial charge in [0.05, 0.1) is 5.75 Å². The van der Waals surface area contributed by atoms with Crippen LogP contribution in [0.4, 0.5) is 10.1 Å². The van der Waals surface area contributed by atoms with Crippen molar-refractivity contribution in [2.75, 3.05) is 11.1 Å². The van der Waals surface area contributed by atoms with Gasteiger partial charge in [-0.1, -0.05) is 23.9 Å². The first-order chi connectivity index (χ1) is 13.4. The Hall–Kier alpha value is -2.87. The first-order valence-corrected chi connectivity index (χ1v) is 9.68. The van der Waals surface area contributed by atoms with E-state index in [1.807, 2.05) is 39.1 Å². The molecular weight excluding hydrogens is 379 g/mol. The van der Waals surface area contributed by atoms with E-state index in [1.54, 1.807) is 16.7 Å². The molecule has 2 aromatic carbocycles. The van der Waals surface area contributed by atoms with Crippen LogP contribution in [0, 0.1) is 19.7 Å². The van der Waals surface area contributed by atoms with Crippen LogP contribution in [0.15, 0.2) is 47.6 Å². The smallest absolute Gasteiger partial charge is 0.234 e. The average molecular weight is 400 g/mol. The summed E-state index contributed by atoms with van der Waals surface area (Å²) in [4.78, 5) is 12.3. The van der Waals surface area contributed by atoms with E-state index in [9.17, 15) is 9.18 Å². The molecule has 0 saturated heterocycles. The molecule has 0 spiro atoms. The largest absolute Gasteiger partial charge is 0.486 e. The molecule has 146 valence electrons. The summed E-state index contributed by atoms with van der Waals surface area (Å²) < 4.78 is 20.3. The van der Waals surface area contributed by atoms with Crippen LogP contribution < -0.4 is 10.1 Å². The molecule has 0 radical (unpaired) electrons. The molecule has 0 aliphatic rings. The SMILES string of the molecule is Cc1cccc(NC(=O)CSc2nnc(COc3ccc(F)cc3)n2C)c1C. The fourth-order valence-electron chi connectivity index (χ4n) is 2.48. The summed E-state index contributed by atoms with van der Waals surface area (Å²) in [6, 6.07) is 11.6. The minimum atomic E-state index is -0.316. The van der Waals surface area contributed by atoms with Gasteiger partial charge in [0.2, 0.25) is 5.91 Å². The van der Waals surface area contributed by atoms with E-state index in [0.717, 1.165) is 16.8 Å². The lowest BCUT2D eigenvalue weighted by Gasteiger charge is -2.10. The van der Waals surface area contributed by atoms with Gasteiger partial charge in [-0.3, -0.25) is 4.79 Å². The van der Waals surface area contributed by atoms with Gasteiger partial charge >= 0.3 is 0 Å². The molecule has 1 aromatic heterocycles. The van der Waals surface area contributed by atoms with Gasteiger partial charge in [0.15, 0.2) is 11.0 Å². The maximum absolute atomic E-state index is 12.9. The number of amides is 1. The average Bonchev–Trinajstić information content (AvgIpc) is 3.03. The number of thioether (sulfide) groups is 1. The van der Waals surface area contributed by atoms with Gasteiger partial charge in [-0.25, -0.2) is 4.39 Å². The van der Waals surface area contributed by atoms with Crippen LogP contribution in [0.1, 0.15) is 17.0 Å². The van der Waals surface area contributed by atoms with Gasteiger partial charge in [-0.05, 0) is 55.3 Å². The summed E-state index contributed by atoms with van der Waals surface area (Å²) in [5, 5.41) is 11.8. The highest BCUT2D eigenvalue weighted by atomic mass is 32.2. The van der Waals surface area contributed by atoms with Crippen LogP contribution in [0.25, 0.3) is 0 Å². The topological polar surface area (TPSA) is 69.0 Å². The highest BCUT2D eigenvalue weighted by Gasteiger charge is 2.13. The molecule has 0 bridgehead atoms. The van der Waals surface area contributed by atoms with E-state index in [1.165, 1.54) is 23.9 Å². The molecule has 1 amide bonds. The van der Waals surface area contributed by atoms with E-state index >= 15 is 0 Å². The molecule has 6 nitrogen and oxygen atoms in total. The van der Waals surface area contributed by atoms with Gasteiger partial charge in [0.25, 0.3) is 0 Å². The first kappa shape index (κ1) is 19.9. The second kappa shape index (κ2) is 8.88. The minimum absolute atomic E-state index is 0.106. The molecule has 3 aromatic rings. The first-order valence-electron chi connectivity index (χ1n) is 8.69. The third kappa shape index (κ3) is 4.89. The number of halogens is 1. The summed E-state index contributed by atoms with van der Waals surface area (Å²) in [7, 11) is 1.81. The zero-order valence-corrected chi connectivity index (χ0v) is 16.7. The van der Waals surface area contributed by atoms with E-state index in [-0.39, 0.29) is 24.1 Å². The van der Waals surface area contributed by atoms with Gasteiger partial charge in [0, 0.05) is 12.7 Å². The number of benzene rings is 2. The van der Waals surface area contributed by atoms with Gasteiger partial charge in [0.1, 0.15) is 18.2 Å². The van der Waals surface area contributed by atoms with Crippen molar-refractivity contribution in [1.29, 1.82) is 0 Å². The third-order valence-electron chi connectivity index (χ3n) is 4.32. The summed E-state index contributed by atoms with van der Waals surface area (Å²) in [5.74, 6) is 0.959. The summed E-state index contributed by atoms with van der Waals surface area (Å²) in [6.07, 6.45) is 0. The van der Waals surface area contributed by atoms with Gasteiger partial charge in [-0.2, -0.15) is 0 Å². The molecule has 8 heteroatoms. The summed E-state index contributed by atoms with van der Waals surface area (Å²) in [5.41, 5.74) is 3.00. The van der Waals surface area contributed by atoms with Crippen molar-refractivity contribution in [3.63, 3.8) is 0 Å². The Bertz CT molecular complexity index is 973. The number of carbonyl (C=O) groups excluding carboxylic acids is 1. The quantitative estimate of drug-likeness (QED) is 0.610. The number of nitrogens with zero attached hydrogens (tertiary/aromatic N) is 3. The highest BCUT2D eigenvalue weighted by Crippen LogP contribution is 2.20. The van der Waals surface area contributed by atoms with Crippen LogP contribution in [-0.4, -0.2) is 26.4 Å². The fraction of sp³-hybridized carbons (Fsp3) is 0.250. The molecule has 3 rings (SSSR count). The van der Waals surface area contributed by atoms with Crippen LogP contribution in [0.2, 0.25) is 0 Å². The van der Waals surface area contributed by atoms with Crippen LogP contribution in [-0.2, 0) is 18.4 Å². The molecule has 0 unspecified atom stereocenters. The number of hydrogen-bond acceptors (Lipinski definition) is 5. The van der Waals surface area contributed by atoms with Crippen LogP contribution in [0.3, 0.4) is 0 Å². The number of aromatic nitrogens is 3. The lowest BCUT2D eigenvalue weighted by molar-refractivity contribution is -0.113. The van der Waals surface area contributed by atoms with E-state index in [4.69, 9.17) is 4.74 Å². The molecule has 0 fully saturated rings. The number of hydrogen-bond donors (Lipinski definition) is 1. The third-order valence-corrected chi connectivity index (χ3v) is 5.34. The maximum Gasteiger partial charge on any atom is 0.234 e. The molecule has 0 atom stereocenters. The van der Waals surface area contributed by atoms with Crippen LogP contribution in [0.5, 0.6) is 5.75 Å². The van der Waals surface area contributed by atoms with Crippen molar-refractivity contribution in [2.24, 2.45) is 7.05 Å². The predicted molar refractivity (Wildman–Crippen MR) is 107 cm³/mol. The van der Waals surface area contributed by atoms with Crippen molar-refractivity contribution in [1.82, 2.24) is 14.8 Å². The van der Waals surface area contributed by atoms with E-state index in [2.05, 4.69) is 15.5 Å². The number of rotatable bonds is 7. The highest BCUT2D eigenvalue weighted by molar-refractivity contribution is 7.99. The van der Waals surface area contributed by atoms with E-state index in [0.29, 0.717) is 16.7 Å². The molecule has 0 saturated carbocycles. The molecule has 0 aliphatic carbocycles. The van der Waals surface area contributed by atoms with Crippen molar-refractivity contribution in [3.8, 4) is 5.75 Å². The van der Waals surface area contributed by atoms with Crippen molar-refractivity contribution in [2.45, 2.75) is 25.6 Å². The summed E-state index contributed by atoms with van der Waals surface area (Å²) >= 11 is 1.30. The number of ether oxygens (including phenoxy) is 1. The molecule has 0 aliphatic heterocycles. The molecule has 1 heterocycles. The number of carbonyl (C=O) groups is 1. The normalized spacial score (nSPS) is 10.7. The minimum Gasteiger partial charge on any atom is -0.486 e. The number of aryl methyl sites for hydroxylation is 1. The van der Waals surface area contributed by atoms with Crippen LogP contribution >= 0.6 is 11.8 Å². The number of nitrogens with one attached hydrogen (secondary N) is 1. The summed E-state index contributed by atoms with van der Waals surface area (Å²) in [6.45, 7) is 4.19. The maximum atomic E-state index is 12.9. The second-order valence-electron chi connectivity index (χ2n) is 6.28. The monoisotopic (exact) mass is 400 g/mol. The standard InChI is InChI=1S/C20H21FN4O2S/c1-13-5-4-6-17(14(13)2)22-19(26)12-28-20-24-23-18(25(20)3)11-27-16-9-7-15(21)8-10-16/h4-10H,11-12H2,1-3H3,(H,22,26). The van der Waals surface area contributed by atoms with Crippen molar-refractivity contribution in [3.05, 3.63) is 65.2 Å². The molecule has 1 N–H and O–H groups in total. The second-order valence-corrected chi connectivity index (χ2v) is 7.23. The number of anilines is 1. The Morgan fingerprint density at radius 3 is 2.68 bits per heavy atom. The van der Waals surface area contributed by atoms with Crippen molar-refractivity contribution < 1.29 is 13.9 Å². The van der Waals surface area contributed by atoms with Gasteiger partial charge < -0.3 is 14.6 Å². The fourth-order valence-corrected chi connectivity index (χ4v) is 3.21. The Labute approximate surface area is 167 Å². The lowest BCUT2D eigenvalue weighted by Crippen LogP contribution is -2.15. The molecule has 28 heavy (non-hydrogen) atoms. The van der Waals surface area contributed by atoms with Gasteiger partial charge in [-0.15, -0.1) is 10.2 Å². The Balaban J connectivity index is 1.54. The zero-order chi connectivity index (χ0) is 20.1.